The van der Waals surface area contributed by atoms with Gasteiger partial charge in [0.1, 0.15) is 5.92 Å². The molecule has 0 rings (SSSR count). The normalized spacial score (nSPS) is 14.8. The second kappa shape index (κ2) is 16.1. The zero-order valence-electron chi connectivity index (χ0n) is 20.3. The highest BCUT2D eigenvalue weighted by Crippen LogP contribution is 2.33. The second-order valence-corrected chi connectivity index (χ2v) is 10.2. The van der Waals surface area contributed by atoms with Crippen molar-refractivity contribution >= 4 is 40.0 Å². The summed E-state index contributed by atoms with van der Waals surface area (Å²) in [5.41, 5.74) is -3.24. The molecule has 0 fully saturated rings. The Bertz CT molecular complexity index is 867. The minimum Gasteiger partial charge on any atom is -0.481 e. The van der Waals surface area contributed by atoms with E-state index in [-0.39, 0.29) is 6.42 Å². The van der Waals surface area contributed by atoms with Gasteiger partial charge < -0.3 is 25.2 Å². The number of carbonyl (C=O) groups excluding carboxylic acids is 1. The first-order chi connectivity index (χ1) is 16.7. The molecular formula is C22H36O13S. The van der Waals surface area contributed by atoms with Crippen molar-refractivity contribution in [2.45, 2.75) is 101 Å². The summed E-state index contributed by atoms with van der Waals surface area (Å²) in [4.78, 5) is 58.8. The fourth-order valence-electron chi connectivity index (χ4n) is 3.83. The van der Waals surface area contributed by atoms with Crippen molar-refractivity contribution in [2.75, 3.05) is 0 Å². The molecule has 3 unspecified atom stereocenters. The predicted octanol–water partition coefficient (Wildman–Crippen LogP) is 2.57. The van der Waals surface area contributed by atoms with Crippen molar-refractivity contribution in [3.8, 4) is 0 Å². The maximum atomic E-state index is 12.4. The Kier molecular flexibility index (Phi) is 14.9. The highest BCUT2D eigenvalue weighted by Gasteiger charge is 2.56. The average Bonchev–Trinajstić information content (AvgIpc) is 2.73. The van der Waals surface area contributed by atoms with E-state index in [0.717, 1.165) is 38.5 Å². The Morgan fingerprint density at radius 2 is 1.25 bits per heavy atom. The fourth-order valence-corrected chi connectivity index (χ4v) is 4.47. The molecule has 0 aliphatic heterocycles. The van der Waals surface area contributed by atoms with E-state index in [2.05, 4.69) is 11.7 Å². The minimum absolute atomic E-state index is 0.149. The number of carboxylic acids is 4. The number of ether oxygens (including phenoxy) is 1. The Hall–Kier alpha value is -2.74. The van der Waals surface area contributed by atoms with Gasteiger partial charge in [0.2, 0.25) is 5.60 Å². The van der Waals surface area contributed by atoms with Crippen LogP contribution in [-0.2, 0) is 38.8 Å². The third kappa shape index (κ3) is 11.8. The lowest BCUT2D eigenvalue weighted by Crippen LogP contribution is -2.55. The summed E-state index contributed by atoms with van der Waals surface area (Å²) < 4.78 is 36.8. The van der Waals surface area contributed by atoms with E-state index in [4.69, 9.17) is 5.11 Å². The van der Waals surface area contributed by atoms with Crippen molar-refractivity contribution in [2.24, 2.45) is 5.92 Å². The summed E-state index contributed by atoms with van der Waals surface area (Å²) in [6.45, 7) is 2.11. The van der Waals surface area contributed by atoms with Crippen molar-refractivity contribution in [1.82, 2.24) is 0 Å². The molecule has 208 valence electrons. The maximum Gasteiger partial charge on any atom is 0.349 e. The molecule has 14 heteroatoms. The predicted molar refractivity (Wildman–Crippen MR) is 124 cm³/mol. The Morgan fingerprint density at radius 1 is 0.778 bits per heavy atom. The number of hydrogen-bond acceptors (Lipinski definition) is 8. The summed E-state index contributed by atoms with van der Waals surface area (Å²) in [7, 11) is -5.41. The lowest BCUT2D eigenvalue weighted by atomic mass is 9.80. The van der Waals surface area contributed by atoms with Gasteiger partial charge in [0.05, 0.1) is 12.8 Å². The second-order valence-electron chi connectivity index (χ2n) is 8.65. The van der Waals surface area contributed by atoms with Crippen LogP contribution in [0.15, 0.2) is 0 Å². The van der Waals surface area contributed by atoms with Crippen molar-refractivity contribution in [3.63, 3.8) is 0 Å². The zero-order valence-corrected chi connectivity index (χ0v) is 21.1. The Labute approximate surface area is 209 Å². The number of carbonyl (C=O) groups is 5. The molecule has 0 aromatic heterocycles. The zero-order chi connectivity index (χ0) is 27.9. The first-order valence-corrected chi connectivity index (χ1v) is 13.3. The summed E-state index contributed by atoms with van der Waals surface area (Å²) in [5, 5.41) is 34.7. The van der Waals surface area contributed by atoms with Gasteiger partial charge in [-0.2, -0.15) is 8.42 Å². The van der Waals surface area contributed by atoms with Gasteiger partial charge in [0, 0.05) is 0 Å². The molecule has 0 saturated carbocycles. The van der Waals surface area contributed by atoms with E-state index < -0.39 is 76.0 Å². The molecule has 0 heterocycles. The average molecular weight is 541 g/mol. The van der Waals surface area contributed by atoms with Crippen LogP contribution >= 0.6 is 0 Å². The fraction of sp³-hybridized carbons (Fsp3) is 0.773. The van der Waals surface area contributed by atoms with Crippen LogP contribution < -0.4 is 0 Å². The Balaban J connectivity index is 5.58. The Morgan fingerprint density at radius 3 is 1.61 bits per heavy atom. The number of aliphatic carboxylic acids is 4. The van der Waals surface area contributed by atoms with Crippen molar-refractivity contribution in [3.05, 3.63) is 0 Å². The lowest BCUT2D eigenvalue weighted by molar-refractivity contribution is -0.195. The third-order valence-corrected chi connectivity index (χ3v) is 6.83. The largest absolute Gasteiger partial charge is 0.481 e. The topological polar surface area (TPSA) is 230 Å². The van der Waals surface area contributed by atoms with E-state index in [1.807, 2.05) is 0 Å². The standard InChI is InChI=1S/C22H36O13S/c1-2-3-4-5-6-7-8-9-10-11-12-15(19(27)28)22(21(30)31,14-18(25)26)35-20(29)16(13-17(23)24)36(32,33)34/h15-16H,2-14H2,1H3,(H,23,24)(H,25,26)(H,27,28)(H,30,31)(H,32,33,34). The van der Waals surface area contributed by atoms with Gasteiger partial charge in [-0.3, -0.25) is 23.7 Å². The van der Waals surface area contributed by atoms with Crippen LogP contribution in [0.1, 0.15) is 90.4 Å². The molecule has 0 spiro atoms. The van der Waals surface area contributed by atoms with Crippen LogP contribution in [0.4, 0.5) is 0 Å². The van der Waals surface area contributed by atoms with Gasteiger partial charge >= 0.3 is 29.8 Å². The van der Waals surface area contributed by atoms with Crippen molar-refractivity contribution in [1.29, 1.82) is 0 Å². The molecule has 0 aromatic carbocycles. The molecule has 0 aliphatic carbocycles. The van der Waals surface area contributed by atoms with Crippen LogP contribution in [0.3, 0.4) is 0 Å². The molecule has 0 saturated heterocycles. The highest BCUT2D eigenvalue weighted by molar-refractivity contribution is 7.87. The van der Waals surface area contributed by atoms with E-state index >= 15 is 0 Å². The molecule has 3 atom stereocenters. The van der Waals surface area contributed by atoms with Crippen molar-refractivity contribution < 1.29 is 62.1 Å². The van der Waals surface area contributed by atoms with Gasteiger partial charge in [-0.1, -0.05) is 71.1 Å². The molecule has 0 aliphatic rings. The number of unbranched alkanes of at least 4 members (excludes halogenated alkanes) is 9. The minimum atomic E-state index is -5.41. The lowest BCUT2D eigenvalue weighted by Gasteiger charge is -2.34. The molecule has 0 radical (unpaired) electrons. The molecular weight excluding hydrogens is 504 g/mol. The molecule has 5 N–H and O–H groups in total. The smallest absolute Gasteiger partial charge is 0.349 e. The van der Waals surface area contributed by atoms with Gasteiger partial charge in [-0.25, -0.2) is 4.79 Å². The van der Waals surface area contributed by atoms with Gasteiger partial charge in [-0.15, -0.1) is 0 Å². The number of carboxylic acid groups (broad SMARTS) is 4. The van der Waals surface area contributed by atoms with Crippen LogP contribution in [0.2, 0.25) is 0 Å². The number of rotatable bonds is 21. The highest BCUT2D eigenvalue weighted by atomic mass is 32.2. The molecule has 36 heavy (non-hydrogen) atoms. The van der Waals surface area contributed by atoms with Crippen LogP contribution in [0, 0.1) is 5.92 Å². The van der Waals surface area contributed by atoms with Gasteiger partial charge in [-0.05, 0) is 6.42 Å². The van der Waals surface area contributed by atoms with Crippen LogP contribution in [0.25, 0.3) is 0 Å². The van der Waals surface area contributed by atoms with E-state index in [1.54, 1.807) is 0 Å². The van der Waals surface area contributed by atoms with E-state index in [0.29, 0.717) is 12.8 Å². The van der Waals surface area contributed by atoms with Crippen LogP contribution in [0.5, 0.6) is 0 Å². The number of hydrogen-bond donors (Lipinski definition) is 5. The van der Waals surface area contributed by atoms with E-state index in [9.17, 15) is 52.3 Å². The van der Waals surface area contributed by atoms with Gasteiger partial charge in [0.15, 0.2) is 5.25 Å². The quantitative estimate of drug-likeness (QED) is 0.0801. The molecule has 13 nitrogen and oxygen atoms in total. The number of esters is 1. The molecule has 0 amide bonds. The first kappa shape index (κ1) is 33.3. The summed E-state index contributed by atoms with van der Waals surface area (Å²) in [5.74, 6) is -11.9. The van der Waals surface area contributed by atoms with E-state index in [1.165, 1.54) is 6.42 Å². The summed E-state index contributed by atoms with van der Waals surface area (Å²) in [6, 6.07) is 0. The monoisotopic (exact) mass is 540 g/mol. The maximum absolute atomic E-state index is 12.4. The molecule has 0 bridgehead atoms. The van der Waals surface area contributed by atoms with Crippen LogP contribution in [-0.4, -0.2) is 74.1 Å². The molecule has 0 aromatic rings. The SMILES string of the molecule is CCCCCCCCCCCCC(C(=O)O)C(CC(=O)O)(OC(=O)C(CC(=O)O)S(=O)(=O)O)C(=O)O. The third-order valence-electron chi connectivity index (χ3n) is 5.75. The summed E-state index contributed by atoms with van der Waals surface area (Å²) in [6.07, 6.45) is 5.36. The van der Waals surface area contributed by atoms with Gasteiger partial charge in [0.25, 0.3) is 10.1 Å². The summed E-state index contributed by atoms with van der Waals surface area (Å²) >= 11 is 0. The first-order valence-electron chi connectivity index (χ1n) is 11.8.